The number of carbonyl (C=O) groups is 2. The third kappa shape index (κ3) is 6.53. The first kappa shape index (κ1) is 31.0. The SMILES string of the molecule is C=CC(=O)Nc1cccc(N2C(=O)N(c3cccc([N+](=O)[O-])c3)Cc3cnc(Nc4ccc(N5CCN(C)CC5)cc4OC)nc32)c1. The van der Waals surface area contributed by atoms with Crippen molar-refractivity contribution in [1.82, 2.24) is 14.9 Å². The summed E-state index contributed by atoms with van der Waals surface area (Å²) in [6, 6.07) is 18.0. The monoisotopic (exact) mass is 635 g/mol. The molecule has 2 aliphatic heterocycles. The van der Waals surface area contributed by atoms with E-state index in [-0.39, 0.29) is 18.2 Å². The Bertz CT molecular complexity index is 1860. The summed E-state index contributed by atoms with van der Waals surface area (Å²) in [6.07, 6.45) is 2.76. The van der Waals surface area contributed by atoms with Crippen LogP contribution in [0.5, 0.6) is 5.75 Å². The summed E-state index contributed by atoms with van der Waals surface area (Å²) in [5.74, 6) is 0.742. The minimum atomic E-state index is -0.512. The number of anilines is 7. The van der Waals surface area contributed by atoms with Gasteiger partial charge >= 0.3 is 6.03 Å². The molecule has 1 saturated heterocycles. The molecule has 0 spiro atoms. The van der Waals surface area contributed by atoms with E-state index in [0.29, 0.717) is 39.9 Å². The van der Waals surface area contributed by atoms with Gasteiger partial charge in [-0.25, -0.2) is 14.7 Å². The number of hydrogen-bond donors (Lipinski definition) is 2. The standard InChI is InChI=1S/C33H33N9O5/c1-4-30(43)35-23-7-5-9-26(17-23)41-31-22(21-40(33(41)44)25-8-6-10-27(18-25)42(45)46)20-34-32(37-31)36-28-12-11-24(19-29(28)47-3)39-15-13-38(2)14-16-39/h4-12,17-20H,1,13-16,21H2,2-3H3,(H,35,43)(H,34,36,37). The van der Waals surface area contributed by atoms with Gasteiger partial charge in [-0.1, -0.05) is 18.7 Å². The molecule has 2 N–H and O–H groups in total. The molecule has 0 radical (unpaired) electrons. The lowest BCUT2D eigenvalue weighted by atomic mass is 10.1. The number of nitro groups is 1. The molecule has 1 fully saturated rings. The minimum absolute atomic E-state index is 0.0715. The van der Waals surface area contributed by atoms with E-state index in [1.807, 2.05) is 18.2 Å². The minimum Gasteiger partial charge on any atom is -0.494 e. The zero-order valence-corrected chi connectivity index (χ0v) is 25.9. The van der Waals surface area contributed by atoms with Gasteiger partial charge in [0.25, 0.3) is 5.69 Å². The van der Waals surface area contributed by atoms with Crippen LogP contribution in [0.25, 0.3) is 0 Å². The fraction of sp³-hybridized carbons (Fsp3) is 0.212. The zero-order chi connectivity index (χ0) is 33.1. The number of amides is 3. The Morgan fingerprint density at radius 1 is 1.02 bits per heavy atom. The number of nitrogens with one attached hydrogen (secondary N) is 2. The van der Waals surface area contributed by atoms with Crippen LogP contribution in [0.2, 0.25) is 0 Å². The lowest BCUT2D eigenvalue weighted by molar-refractivity contribution is -0.384. The van der Waals surface area contributed by atoms with E-state index in [1.165, 1.54) is 28.0 Å². The summed E-state index contributed by atoms with van der Waals surface area (Å²) in [7, 11) is 3.71. The average Bonchev–Trinajstić information content (AvgIpc) is 3.08. The molecular weight excluding hydrogens is 602 g/mol. The van der Waals surface area contributed by atoms with Crippen molar-refractivity contribution in [3.8, 4) is 5.75 Å². The Labute approximate surface area is 271 Å². The molecule has 1 aromatic heterocycles. The highest BCUT2D eigenvalue weighted by Gasteiger charge is 2.35. The molecule has 14 heteroatoms. The van der Waals surface area contributed by atoms with Crippen molar-refractivity contribution >= 4 is 57.8 Å². The molecule has 0 aliphatic carbocycles. The molecule has 0 bridgehead atoms. The van der Waals surface area contributed by atoms with E-state index in [0.717, 1.165) is 37.9 Å². The van der Waals surface area contributed by atoms with Crippen molar-refractivity contribution in [1.29, 1.82) is 0 Å². The number of ether oxygens (including phenoxy) is 1. The molecule has 3 aromatic carbocycles. The van der Waals surface area contributed by atoms with Gasteiger partial charge in [-0.05, 0) is 49.5 Å². The fourth-order valence-corrected chi connectivity index (χ4v) is 5.50. The number of aromatic nitrogens is 2. The van der Waals surface area contributed by atoms with E-state index >= 15 is 0 Å². The molecule has 47 heavy (non-hydrogen) atoms. The van der Waals surface area contributed by atoms with Gasteiger partial charge in [-0.2, -0.15) is 4.98 Å². The van der Waals surface area contributed by atoms with Gasteiger partial charge in [-0.15, -0.1) is 0 Å². The highest BCUT2D eigenvalue weighted by atomic mass is 16.6. The number of carbonyl (C=O) groups excluding carboxylic acids is 2. The fourth-order valence-electron chi connectivity index (χ4n) is 5.50. The maximum Gasteiger partial charge on any atom is 0.335 e. The second kappa shape index (κ2) is 13.1. The lowest BCUT2D eigenvalue weighted by Gasteiger charge is -2.36. The molecule has 0 atom stereocenters. The van der Waals surface area contributed by atoms with Crippen LogP contribution in [0.15, 0.2) is 85.6 Å². The molecular formula is C33H33N9O5. The van der Waals surface area contributed by atoms with Crippen LogP contribution in [-0.2, 0) is 11.3 Å². The smallest absolute Gasteiger partial charge is 0.335 e. The van der Waals surface area contributed by atoms with E-state index in [4.69, 9.17) is 9.72 Å². The van der Waals surface area contributed by atoms with E-state index in [2.05, 4.69) is 39.0 Å². The first-order valence-corrected chi connectivity index (χ1v) is 14.9. The number of urea groups is 1. The maximum atomic E-state index is 14.2. The Morgan fingerprint density at radius 3 is 2.53 bits per heavy atom. The number of rotatable bonds is 9. The second-order valence-electron chi connectivity index (χ2n) is 11.1. The van der Waals surface area contributed by atoms with Crippen molar-refractivity contribution in [3.63, 3.8) is 0 Å². The third-order valence-corrected chi connectivity index (χ3v) is 8.01. The third-order valence-electron chi connectivity index (χ3n) is 8.01. The van der Waals surface area contributed by atoms with Gasteiger partial charge in [0.1, 0.15) is 5.75 Å². The molecule has 240 valence electrons. The highest BCUT2D eigenvalue weighted by Crippen LogP contribution is 2.38. The number of methoxy groups -OCH3 is 1. The van der Waals surface area contributed by atoms with Gasteiger partial charge in [0.05, 0.1) is 35.6 Å². The number of non-ortho nitro benzene ring substituents is 1. The Kier molecular flexibility index (Phi) is 8.67. The number of likely N-dealkylation sites (N-methyl/N-ethyl adjacent to an activating group) is 1. The number of benzene rings is 3. The van der Waals surface area contributed by atoms with Crippen LogP contribution in [0.4, 0.5) is 50.7 Å². The summed E-state index contributed by atoms with van der Waals surface area (Å²) < 4.78 is 5.72. The molecule has 4 aromatic rings. The summed E-state index contributed by atoms with van der Waals surface area (Å²) in [4.78, 5) is 54.0. The molecule has 14 nitrogen and oxygen atoms in total. The molecule has 0 saturated carbocycles. The molecule has 2 aliphatic rings. The van der Waals surface area contributed by atoms with Crippen LogP contribution in [0, 0.1) is 10.1 Å². The van der Waals surface area contributed by atoms with Crippen LogP contribution in [0.1, 0.15) is 5.56 Å². The molecule has 0 unspecified atom stereocenters. The summed E-state index contributed by atoms with van der Waals surface area (Å²) in [6.45, 7) is 7.34. The van der Waals surface area contributed by atoms with Crippen molar-refractivity contribution < 1.29 is 19.2 Å². The van der Waals surface area contributed by atoms with Gasteiger partial charge in [-0.3, -0.25) is 19.8 Å². The first-order chi connectivity index (χ1) is 22.7. The normalized spacial score (nSPS) is 14.8. The number of nitro benzene ring substituents is 1. The number of hydrogen-bond acceptors (Lipinski definition) is 10. The second-order valence-corrected chi connectivity index (χ2v) is 11.1. The average molecular weight is 636 g/mol. The van der Waals surface area contributed by atoms with Crippen molar-refractivity contribution in [2.45, 2.75) is 6.54 Å². The maximum absolute atomic E-state index is 14.2. The first-order valence-electron chi connectivity index (χ1n) is 14.9. The number of fused-ring (bicyclic) bond motifs is 1. The largest absolute Gasteiger partial charge is 0.494 e. The van der Waals surface area contributed by atoms with E-state index < -0.39 is 16.9 Å². The van der Waals surface area contributed by atoms with Crippen molar-refractivity contribution in [3.05, 3.63) is 101 Å². The Balaban J connectivity index is 1.37. The summed E-state index contributed by atoms with van der Waals surface area (Å²) in [5, 5.41) is 17.5. The van der Waals surface area contributed by atoms with Gasteiger partial charge in [0.15, 0.2) is 5.82 Å². The predicted molar refractivity (Wildman–Crippen MR) is 180 cm³/mol. The predicted octanol–water partition coefficient (Wildman–Crippen LogP) is 5.29. The molecule has 6 rings (SSSR count). The quantitative estimate of drug-likeness (QED) is 0.141. The van der Waals surface area contributed by atoms with Crippen LogP contribution >= 0.6 is 0 Å². The van der Waals surface area contributed by atoms with Gasteiger partial charge in [0, 0.05) is 67.5 Å². The van der Waals surface area contributed by atoms with E-state index in [1.54, 1.807) is 43.6 Å². The summed E-state index contributed by atoms with van der Waals surface area (Å²) >= 11 is 0. The lowest BCUT2D eigenvalue weighted by Crippen LogP contribution is -2.45. The van der Waals surface area contributed by atoms with Gasteiger partial charge < -0.3 is 25.2 Å². The molecule has 3 amide bonds. The molecule has 3 heterocycles. The van der Waals surface area contributed by atoms with E-state index in [9.17, 15) is 19.7 Å². The van der Waals surface area contributed by atoms with Crippen LogP contribution < -0.4 is 30.1 Å². The Hall–Kier alpha value is -6.02. The highest BCUT2D eigenvalue weighted by molar-refractivity contribution is 6.11. The Morgan fingerprint density at radius 2 is 1.79 bits per heavy atom. The number of nitrogens with zero attached hydrogens (tertiary/aromatic N) is 7. The van der Waals surface area contributed by atoms with Crippen LogP contribution in [-0.4, -0.2) is 72.1 Å². The number of piperazine rings is 1. The van der Waals surface area contributed by atoms with Crippen molar-refractivity contribution in [2.75, 3.05) is 65.7 Å². The summed E-state index contributed by atoms with van der Waals surface area (Å²) in [5.41, 5.74) is 3.33. The topological polar surface area (TPSA) is 149 Å². The van der Waals surface area contributed by atoms with Gasteiger partial charge in [0.2, 0.25) is 11.9 Å². The zero-order valence-electron chi connectivity index (χ0n) is 25.9. The van der Waals surface area contributed by atoms with Crippen molar-refractivity contribution in [2.24, 2.45) is 0 Å². The van der Waals surface area contributed by atoms with Crippen LogP contribution in [0.3, 0.4) is 0 Å².